The fourth-order valence-corrected chi connectivity index (χ4v) is 5.85. The lowest BCUT2D eigenvalue weighted by Crippen LogP contribution is -2.33. The number of fused-ring (bicyclic) bond motifs is 1. The molecule has 42 heavy (non-hydrogen) atoms. The van der Waals surface area contributed by atoms with Gasteiger partial charge in [-0.05, 0) is 86.9 Å². The Morgan fingerprint density at radius 1 is 1.02 bits per heavy atom. The first kappa shape index (κ1) is 29.0. The fraction of sp³-hybridized carbons (Fsp3) is 0.129. The molecule has 1 heterocycles. The number of nitrogens with zero attached hydrogens (tertiary/aromatic N) is 2. The molecule has 1 saturated heterocycles. The van der Waals surface area contributed by atoms with Crippen molar-refractivity contribution in [3.63, 3.8) is 0 Å². The van der Waals surface area contributed by atoms with E-state index in [1.54, 1.807) is 18.2 Å². The molecule has 212 valence electrons. The van der Waals surface area contributed by atoms with Crippen LogP contribution in [0, 0.1) is 10.1 Å². The van der Waals surface area contributed by atoms with Gasteiger partial charge in [0.1, 0.15) is 6.61 Å². The molecule has 0 aromatic heterocycles. The highest BCUT2D eigenvalue weighted by atomic mass is 79.9. The first-order valence-electron chi connectivity index (χ1n) is 12.8. The number of hydrogen-bond acceptors (Lipinski definition) is 8. The molecule has 1 aliphatic heterocycles. The summed E-state index contributed by atoms with van der Waals surface area (Å²) in [6.07, 6.45) is 1.56. The molecule has 1 fully saturated rings. The van der Waals surface area contributed by atoms with E-state index in [0.717, 1.165) is 33.0 Å². The molecule has 0 saturated carbocycles. The normalized spacial score (nSPS) is 14.0. The molecular weight excluding hydrogens is 624 g/mol. The minimum Gasteiger partial charge on any atom is -0.490 e. The second-order valence-electron chi connectivity index (χ2n) is 9.18. The molecule has 0 spiro atoms. The summed E-state index contributed by atoms with van der Waals surface area (Å²) in [5.41, 5.74) is 1.61. The van der Waals surface area contributed by atoms with E-state index in [0.29, 0.717) is 34.7 Å². The van der Waals surface area contributed by atoms with E-state index in [1.807, 2.05) is 49.4 Å². The highest BCUT2D eigenvalue weighted by molar-refractivity contribution is 9.10. The number of nitro groups is 1. The molecule has 2 amide bonds. The molecule has 4 aromatic rings. The molecule has 11 heteroatoms. The SMILES string of the molecule is CCOc1cc(/C=C2/SC(=O)N(CC(=O)c3ccc([N+](=O)[O-])cc3)C2=O)cc(Br)c1OCc1cccc2ccccc12. The Balaban J connectivity index is 1.34. The Morgan fingerprint density at radius 3 is 2.50 bits per heavy atom. The molecule has 1 aliphatic rings. The van der Waals surface area contributed by atoms with Gasteiger partial charge in [-0.2, -0.15) is 0 Å². The van der Waals surface area contributed by atoms with Crippen LogP contribution in [-0.4, -0.2) is 39.9 Å². The molecule has 0 atom stereocenters. The third-order valence-corrected chi connectivity index (χ3v) is 7.95. The first-order chi connectivity index (χ1) is 20.2. The number of ketones is 1. The van der Waals surface area contributed by atoms with Crippen LogP contribution in [0.4, 0.5) is 10.5 Å². The van der Waals surface area contributed by atoms with Crippen LogP contribution in [-0.2, 0) is 11.4 Å². The maximum Gasteiger partial charge on any atom is 0.293 e. The van der Waals surface area contributed by atoms with Gasteiger partial charge in [-0.25, -0.2) is 0 Å². The van der Waals surface area contributed by atoms with E-state index in [4.69, 9.17) is 9.47 Å². The second-order valence-corrected chi connectivity index (χ2v) is 11.0. The lowest BCUT2D eigenvalue weighted by molar-refractivity contribution is -0.384. The van der Waals surface area contributed by atoms with Crippen molar-refractivity contribution in [1.82, 2.24) is 4.90 Å². The maximum absolute atomic E-state index is 13.1. The summed E-state index contributed by atoms with van der Waals surface area (Å²) < 4.78 is 12.7. The number of thioether (sulfide) groups is 1. The van der Waals surface area contributed by atoms with E-state index >= 15 is 0 Å². The van der Waals surface area contributed by atoms with Crippen molar-refractivity contribution in [2.24, 2.45) is 0 Å². The molecule has 0 radical (unpaired) electrons. The number of benzene rings is 4. The summed E-state index contributed by atoms with van der Waals surface area (Å²) in [4.78, 5) is 49.7. The zero-order valence-electron chi connectivity index (χ0n) is 22.2. The number of carbonyl (C=O) groups is 3. The molecule has 0 unspecified atom stereocenters. The van der Waals surface area contributed by atoms with Gasteiger partial charge in [0.25, 0.3) is 16.8 Å². The van der Waals surface area contributed by atoms with Gasteiger partial charge in [-0.15, -0.1) is 0 Å². The van der Waals surface area contributed by atoms with E-state index < -0.39 is 28.4 Å². The van der Waals surface area contributed by atoms with Crippen LogP contribution in [0.5, 0.6) is 11.5 Å². The number of rotatable bonds is 10. The van der Waals surface area contributed by atoms with Gasteiger partial charge in [0.15, 0.2) is 17.3 Å². The predicted molar refractivity (Wildman–Crippen MR) is 164 cm³/mol. The van der Waals surface area contributed by atoms with Gasteiger partial charge < -0.3 is 9.47 Å². The Bertz CT molecular complexity index is 1750. The maximum atomic E-state index is 13.1. The Labute approximate surface area is 253 Å². The third kappa shape index (κ3) is 6.22. The van der Waals surface area contributed by atoms with E-state index in [-0.39, 0.29) is 16.2 Å². The third-order valence-electron chi connectivity index (χ3n) is 6.46. The lowest BCUT2D eigenvalue weighted by Gasteiger charge is -2.16. The molecule has 0 bridgehead atoms. The number of halogens is 1. The molecule has 0 N–H and O–H groups in total. The van der Waals surface area contributed by atoms with Crippen LogP contribution in [0.2, 0.25) is 0 Å². The summed E-state index contributed by atoms with van der Waals surface area (Å²) in [5, 5.41) is 12.5. The van der Waals surface area contributed by atoms with Gasteiger partial charge in [0.2, 0.25) is 0 Å². The number of hydrogen-bond donors (Lipinski definition) is 0. The minimum absolute atomic E-state index is 0.148. The van der Waals surface area contributed by atoms with Crippen molar-refractivity contribution in [3.8, 4) is 11.5 Å². The van der Waals surface area contributed by atoms with Gasteiger partial charge in [0.05, 0.1) is 27.5 Å². The number of ether oxygens (including phenoxy) is 2. The highest BCUT2D eigenvalue weighted by Crippen LogP contribution is 2.40. The predicted octanol–water partition coefficient (Wildman–Crippen LogP) is 7.41. The summed E-state index contributed by atoms with van der Waals surface area (Å²) in [7, 11) is 0. The summed E-state index contributed by atoms with van der Waals surface area (Å²) in [6, 6.07) is 22.6. The standard InChI is InChI=1S/C31H23BrN2O7S/c1-2-40-27-15-19(14-25(32)29(27)41-18-22-8-5-7-20-6-3-4-9-24(20)22)16-28-30(36)33(31(37)42-28)17-26(35)21-10-12-23(13-11-21)34(38)39/h3-16H,2,17-18H2,1H3/b28-16+. The average Bonchev–Trinajstić information content (AvgIpc) is 3.24. The van der Waals surface area contributed by atoms with Crippen molar-refractivity contribution in [3.05, 3.63) is 115 Å². The smallest absolute Gasteiger partial charge is 0.293 e. The number of carbonyl (C=O) groups excluding carboxylic acids is 3. The molecule has 4 aromatic carbocycles. The number of non-ortho nitro benzene ring substituents is 1. The molecule has 5 rings (SSSR count). The summed E-state index contributed by atoms with van der Waals surface area (Å²) in [6.45, 7) is 2.06. The van der Waals surface area contributed by atoms with Crippen molar-refractivity contribution >= 4 is 67.2 Å². The molecule has 0 aliphatic carbocycles. The quantitative estimate of drug-likeness (QED) is 0.0757. The number of Topliss-reactive ketones (excluding diaryl/α,β-unsaturated/α-hetero) is 1. The van der Waals surface area contributed by atoms with Gasteiger partial charge in [-0.3, -0.25) is 29.4 Å². The van der Waals surface area contributed by atoms with Gasteiger partial charge in [0, 0.05) is 17.7 Å². The van der Waals surface area contributed by atoms with Crippen LogP contribution in [0.25, 0.3) is 16.8 Å². The first-order valence-corrected chi connectivity index (χ1v) is 14.4. The van der Waals surface area contributed by atoms with E-state index in [9.17, 15) is 24.5 Å². The van der Waals surface area contributed by atoms with Crippen molar-refractivity contribution in [2.45, 2.75) is 13.5 Å². The second kappa shape index (κ2) is 12.6. The largest absolute Gasteiger partial charge is 0.490 e. The zero-order valence-corrected chi connectivity index (χ0v) is 24.6. The van der Waals surface area contributed by atoms with Gasteiger partial charge in [-0.1, -0.05) is 42.5 Å². The lowest BCUT2D eigenvalue weighted by atomic mass is 10.1. The van der Waals surface area contributed by atoms with E-state index in [2.05, 4.69) is 15.9 Å². The number of nitro benzene ring substituents is 1. The van der Waals surface area contributed by atoms with Crippen LogP contribution in [0.1, 0.15) is 28.4 Å². The highest BCUT2D eigenvalue weighted by Gasteiger charge is 2.36. The summed E-state index contributed by atoms with van der Waals surface area (Å²) in [5.74, 6) is -0.150. The van der Waals surface area contributed by atoms with Crippen molar-refractivity contribution < 1.29 is 28.8 Å². The van der Waals surface area contributed by atoms with Crippen molar-refractivity contribution in [1.29, 1.82) is 0 Å². The van der Waals surface area contributed by atoms with Crippen LogP contribution < -0.4 is 9.47 Å². The molecular formula is C31H23BrN2O7S. The molecule has 9 nitrogen and oxygen atoms in total. The topological polar surface area (TPSA) is 116 Å². The van der Waals surface area contributed by atoms with Gasteiger partial charge >= 0.3 is 0 Å². The van der Waals surface area contributed by atoms with Crippen molar-refractivity contribution in [2.75, 3.05) is 13.2 Å². The Kier molecular flexibility index (Phi) is 8.69. The van der Waals surface area contributed by atoms with Crippen LogP contribution in [0.15, 0.2) is 88.2 Å². The Hall–Kier alpha value is -4.48. The summed E-state index contributed by atoms with van der Waals surface area (Å²) >= 11 is 4.29. The zero-order chi connectivity index (χ0) is 29.8. The number of imide groups is 1. The van der Waals surface area contributed by atoms with Crippen LogP contribution >= 0.6 is 27.7 Å². The number of amides is 2. The Morgan fingerprint density at radius 2 is 1.76 bits per heavy atom. The fourth-order valence-electron chi connectivity index (χ4n) is 4.43. The monoisotopic (exact) mass is 646 g/mol. The van der Waals surface area contributed by atoms with Crippen LogP contribution in [0.3, 0.4) is 0 Å². The minimum atomic E-state index is -0.606. The average molecular weight is 648 g/mol. The van der Waals surface area contributed by atoms with E-state index in [1.165, 1.54) is 24.3 Å².